The highest BCUT2D eigenvalue weighted by Gasteiger charge is 2.21. The van der Waals surface area contributed by atoms with Gasteiger partial charge in [-0.2, -0.15) is 0 Å². The van der Waals surface area contributed by atoms with E-state index in [-0.39, 0.29) is 0 Å². The lowest BCUT2D eigenvalue weighted by molar-refractivity contribution is 0.628. The zero-order valence-electron chi connectivity index (χ0n) is 6.25. The van der Waals surface area contributed by atoms with Gasteiger partial charge in [0.2, 0.25) is 0 Å². The monoisotopic (exact) mass is 324 g/mol. The quantitative estimate of drug-likeness (QED) is 0.497. The molecule has 11 heavy (non-hydrogen) atoms. The van der Waals surface area contributed by atoms with E-state index in [0.717, 1.165) is 36.3 Å². The molecule has 0 aromatic rings. The summed E-state index contributed by atoms with van der Waals surface area (Å²) in [4.78, 5) is 0. The average molecular weight is 327 g/mol. The Balaban J connectivity index is 3.38. The minimum atomic E-state index is -0.522. The lowest BCUT2D eigenvalue weighted by Crippen LogP contribution is -2.12. The van der Waals surface area contributed by atoms with Crippen molar-refractivity contribution in [1.82, 2.24) is 0 Å². The Morgan fingerprint density at radius 3 is 2.00 bits per heavy atom. The Hall–Kier alpha value is 1.54. The minimum absolute atomic E-state index is 0.522. The molecule has 0 amide bonds. The molecular formula is C7H12Br2Cl2. The Bertz CT molecular complexity index is 96.4. The zero-order valence-corrected chi connectivity index (χ0v) is 10.9. The van der Waals surface area contributed by atoms with Gasteiger partial charge in [-0.1, -0.05) is 31.9 Å². The summed E-state index contributed by atoms with van der Waals surface area (Å²) < 4.78 is -0.522. The first-order valence-electron chi connectivity index (χ1n) is 3.62. The third-order valence-electron chi connectivity index (χ3n) is 1.39. The molecule has 0 unspecified atom stereocenters. The van der Waals surface area contributed by atoms with Gasteiger partial charge in [-0.25, -0.2) is 0 Å². The summed E-state index contributed by atoms with van der Waals surface area (Å²) in [6, 6.07) is 0. The summed E-state index contributed by atoms with van der Waals surface area (Å²) in [6.45, 7) is 0. The van der Waals surface area contributed by atoms with Gasteiger partial charge in [0.25, 0.3) is 0 Å². The lowest BCUT2D eigenvalue weighted by Gasteiger charge is -2.17. The van der Waals surface area contributed by atoms with Crippen LogP contribution >= 0.6 is 55.1 Å². The number of unbranched alkanes of at least 4 members (excludes halogenated alkanes) is 1. The van der Waals surface area contributed by atoms with Crippen LogP contribution in [-0.4, -0.2) is 15.0 Å². The van der Waals surface area contributed by atoms with Crippen LogP contribution in [-0.2, 0) is 0 Å². The molecule has 0 atom stereocenters. The van der Waals surface area contributed by atoms with Crippen LogP contribution in [0.5, 0.6) is 0 Å². The Labute approximate surface area is 95.3 Å². The Morgan fingerprint density at radius 2 is 1.55 bits per heavy atom. The van der Waals surface area contributed by atoms with E-state index in [4.69, 9.17) is 23.2 Å². The predicted molar refractivity (Wildman–Crippen MR) is 60.5 cm³/mol. The average Bonchev–Trinajstić information content (AvgIpc) is 1.87. The lowest BCUT2D eigenvalue weighted by atomic mass is 10.1. The summed E-state index contributed by atoms with van der Waals surface area (Å²) in [5.41, 5.74) is 0. The molecule has 0 N–H and O–H groups in total. The van der Waals surface area contributed by atoms with E-state index >= 15 is 0 Å². The van der Waals surface area contributed by atoms with Gasteiger partial charge >= 0.3 is 0 Å². The largest absolute Gasteiger partial charge is 0.119 e. The number of halogens is 4. The molecule has 4 heteroatoms. The molecule has 0 aliphatic carbocycles. The van der Waals surface area contributed by atoms with Crippen molar-refractivity contribution < 1.29 is 0 Å². The summed E-state index contributed by atoms with van der Waals surface area (Å²) in [5, 5.41) is 1.90. The maximum Gasteiger partial charge on any atom is 0.119 e. The van der Waals surface area contributed by atoms with Gasteiger partial charge in [0, 0.05) is 10.7 Å². The fraction of sp³-hybridized carbons (Fsp3) is 1.00. The highest BCUT2D eigenvalue weighted by molar-refractivity contribution is 9.09. The van der Waals surface area contributed by atoms with Crippen molar-refractivity contribution in [2.45, 2.75) is 30.0 Å². The van der Waals surface area contributed by atoms with Crippen molar-refractivity contribution in [2.24, 2.45) is 0 Å². The van der Waals surface area contributed by atoms with E-state index in [2.05, 4.69) is 31.9 Å². The molecule has 0 spiro atoms. The topological polar surface area (TPSA) is 0 Å². The third kappa shape index (κ3) is 7.89. The molecule has 0 saturated carbocycles. The van der Waals surface area contributed by atoms with E-state index in [0.29, 0.717) is 0 Å². The van der Waals surface area contributed by atoms with Crippen molar-refractivity contribution in [3.63, 3.8) is 0 Å². The molecule has 0 nitrogen and oxygen atoms in total. The number of hydrogen-bond acceptors (Lipinski definition) is 0. The molecule has 0 saturated heterocycles. The summed E-state index contributed by atoms with van der Waals surface area (Å²) in [6.07, 6.45) is 3.93. The molecule has 0 rings (SSSR count). The molecule has 0 heterocycles. The minimum Gasteiger partial charge on any atom is -0.102 e. The first-order valence-corrected chi connectivity index (χ1v) is 6.62. The van der Waals surface area contributed by atoms with Crippen LogP contribution in [0.25, 0.3) is 0 Å². The molecule has 0 bridgehead atoms. The molecule has 68 valence electrons. The number of rotatable bonds is 6. The molecule has 0 aliphatic rings. The SMILES string of the molecule is ClC(Cl)(CCBr)CCCCBr. The van der Waals surface area contributed by atoms with Crippen molar-refractivity contribution in [3.05, 3.63) is 0 Å². The van der Waals surface area contributed by atoms with Crippen LogP contribution < -0.4 is 0 Å². The Morgan fingerprint density at radius 1 is 0.909 bits per heavy atom. The van der Waals surface area contributed by atoms with E-state index in [1.807, 2.05) is 0 Å². The first kappa shape index (κ1) is 12.5. The van der Waals surface area contributed by atoms with Gasteiger partial charge in [0.15, 0.2) is 0 Å². The molecule has 0 aliphatic heterocycles. The fourth-order valence-corrected chi connectivity index (χ4v) is 2.73. The highest BCUT2D eigenvalue weighted by Crippen LogP contribution is 2.31. The van der Waals surface area contributed by atoms with E-state index in [1.165, 1.54) is 0 Å². The highest BCUT2D eigenvalue weighted by atomic mass is 79.9. The molecule has 0 aromatic carbocycles. The molecule has 0 aromatic heterocycles. The van der Waals surface area contributed by atoms with Gasteiger partial charge in [-0.15, -0.1) is 23.2 Å². The van der Waals surface area contributed by atoms with Gasteiger partial charge in [0.05, 0.1) is 0 Å². The van der Waals surface area contributed by atoms with Crippen molar-refractivity contribution in [3.8, 4) is 0 Å². The summed E-state index contributed by atoms with van der Waals surface area (Å²) in [5.74, 6) is 0. The zero-order chi connectivity index (χ0) is 8.74. The van der Waals surface area contributed by atoms with E-state index < -0.39 is 4.33 Å². The maximum atomic E-state index is 5.99. The second-order valence-electron chi connectivity index (χ2n) is 2.44. The van der Waals surface area contributed by atoms with Crippen LogP contribution in [0, 0.1) is 0 Å². The van der Waals surface area contributed by atoms with Gasteiger partial charge in [-0.3, -0.25) is 0 Å². The maximum absolute atomic E-state index is 5.99. The van der Waals surface area contributed by atoms with Crippen LogP contribution in [0.15, 0.2) is 0 Å². The fourth-order valence-electron chi connectivity index (χ4n) is 0.741. The van der Waals surface area contributed by atoms with Gasteiger partial charge < -0.3 is 0 Å². The van der Waals surface area contributed by atoms with Crippen LogP contribution in [0.1, 0.15) is 25.7 Å². The first-order chi connectivity index (χ1) is 5.12. The van der Waals surface area contributed by atoms with E-state index in [9.17, 15) is 0 Å². The normalized spacial score (nSPS) is 12.0. The Kier molecular flexibility index (Phi) is 7.97. The smallest absolute Gasteiger partial charge is 0.102 e. The third-order valence-corrected chi connectivity index (χ3v) is 3.10. The van der Waals surface area contributed by atoms with Crippen molar-refractivity contribution in [1.29, 1.82) is 0 Å². The van der Waals surface area contributed by atoms with Crippen molar-refractivity contribution in [2.75, 3.05) is 10.7 Å². The molecule has 0 fully saturated rings. The predicted octanol–water partition coefficient (Wildman–Crippen LogP) is 4.51. The summed E-state index contributed by atoms with van der Waals surface area (Å²) >= 11 is 18.7. The standard InChI is InChI=1S/C7H12Br2Cl2/c8-5-2-1-3-7(10,11)4-6-9/h1-6H2. The summed E-state index contributed by atoms with van der Waals surface area (Å²) in [7, 11) is 0. The van der Waals surface area contributed by atoms with Crippen molar-refractivity contribution >= 4 is 55.1 Å². The number of hydrogen-bond donors (Lipinski definition) is 0. The molecular weight excluding hydrogens is 315 g/mol. The van der Waals surface area contributed by atoms with Crippen LogP contribution in [0.2, 0.25) is 0 Å². The van der Waals surface area contributed by atoms with Gasteiger partial charge in [0.1, 0.15) is 4.33 Å². The second kappa shape index (κ2) is 6.99. The second-order valence-corrected chi connectivity index (χ2v) is 5.67. The molecule has 0 radical (unpaired) electrons. The number of alkyl halides is 4. The van der Waals surface area contributed by atoms with E-state index in [1.54, 1.807) is 0 Å². The van der Waals surface area contributed by atoms with Crippen LogP contribution in [0.4, 0.5) is 0 Å². The van der Waals surface area contributed by atoms with Crippen LogP contribution in [0.3, 0.4) is 0 Å². The van der Waals surface area contributed by atoms with Gasteiger partial charge in [-0.05, 0) is 25.7 Å².